The number of hydrogen-bond donors (Lipinski definition) is 1. The van der Waals surface area contributed by atoms with Crippen molar-refractivity contribution in [3.63, 3.8) is 0 Å². The molecule has 1 aromatic heterocycles. The van der Waals surface area contributed by atoms with Crippen LogP contribution in [-0.2, 0) is 6.54 Å². The monoisotopic (exact) mass is 243 g/mol. The molecule has 0 atom stereocenters. The molecule has 1 N–H and O–H groups in total. The number of pyridine rings is 1. The van der Waals surface area contributed by atoms with Gasteiger partial charge in [0.1, 0.15) is 6.54 Å². The van der Waals surface area contributed by atoms with Crippen LogP contribution in [0.5, 0.6) is 0 Å². The largest absolute Gasteiger partial charge is 0.317 e. The zero-order chi connectivity index (χ0) is 12.4. The lowest BCUT2D eigenvalue weighted by Gasteiger charge is -2.22. The Morgan fingerprint density at radius 3 is 2.83 bits per heavy atom. The normalized spacial score (nSPS) is 17.2. The number of para-hydroxylation sites is 1. The quantitative estimate of drug-likeness (QED) is 0.802. The van der Waals surface area contributed by atoms with E-state index in [1.807, 2.05) is 0 Å². The first-order valence-electron chi connectivity index (χ1n) is 7.01. The summed E-state index contributed by atoms with van der Waals surface area (Å²) in [7, 11) is 0. The Hall–Kier alpha value is -1.41. The summed E-state index contributed by atoms with van der Waals surface area (Å²) in [4.78, 5) is 0. The number of nitrogens with one attached hydrogen (secondary N) is 1. The minimum Gasteiger partial charge on any atom is -0.317 e. The molecule has 0 aliphatic carbocycles. The topological polar surface area (TPSA) is 15.9 Å². The minimum atomic E-state index is 0. The van der Waals surface area contributed by atoms with Crippen molar-refractivity contribution in [3.8, 4) is 0 Å². The van der Waals surface area contributed by atoms with E-state index in [4.69, 9.17) is 0 Å². The molecule has 2 heterocycles. The van der Waals surface area contributed by atoms with Gasteiger partial charge in [-0.15, -0.1) is 0 Å². The molecule has 1 aliphatic heterocycles. The van der Waals surface area contributed by atoms with Gasteiger partial charge in [-0.1, -0.05) is 12.1 Å². The predicted molar refractivity (Wildman–Crippen MR) is 76.8 cm³/mol. The Morgan fingerprint density at radius 2 is 2.06 bits per heavy atom. The standard InChI is InChI=1S/C16H21N2.H2/c1-2-18-12-15(13-7-9-17-10-8-13)11-14-5-3-4-6-16(14)18;/h3-6,11-13,17H,2,7-10H2,1H3;1H/q+1;. The predicted octanol–water partition coefficient (Wildman–Crippen LogP) is 2.86. The summed E-state index contributed by atoms with van der Waals surface area (Å²) in [5.41, 5.74) is 2.86. The van der Waals surface area contributed by atoms with Crippen LogP contribution >= 0.6 is 0 Å². The van der Waals surface area contributed by atoms with Crippen LogP contribution in [0.1, 0.15) is 32.7 Å². The molecular formula is C16H23N2+. The molecule has 2 nitrogen and oxygen atoms in total. The van der Waals surface area contributed by atoms with E-state index in [0.717, 1.165) is 25.6 Å². The van der Waals surface area contributed by atoms with Gasteiger partial charge in [0.2, 0.25) is 5.52 Å². The van der Waals surface area contributed by atoms with Gasteiger partial charge in [-0.2, -0.15) is 4.57 Å². The number of aryl methyl sites for hydroxylation is 1. The van der Waals surface area contributed by atoms with Gasteiger partial charge in [0.15, 0.2) is 6.20 Å². The Balaban J connectivity index is 0.00000133. The van der Waals surface area contributed by atoms with Crippen LogP contribution in [0.2, 0.25) is 0 Å². The molecule has 0 saturated carbocycles. The number of benzene rings is 1. The highest BCUT2D eigenvalue weighted by molar-refractivity contribution is 5.75. The molecule has 1 aliphatic rings. The summed E-state index contributed by atoms with van der Waals surface area (Å²) >= 11 is 0. The van der Waals surface area contributed by atoms with E-state index in [9.17, 15) is 0 Å². The van der Waals surface area contributed by atoms with E-state index in [-0.39, 0.29) is 1.43 Å². The molecule has 0 unspecified atom stereocenters. The van der Waals surface area contributed by atoms with Crippen LogP contribution in [0.15, 0.2) is 36.5 Å². The van der Waals surface area contributed by atoms with Crippen LogP contribution in [0.25, 0.3) is 10.9 Å². The zero-order valence-electron chi connectivity index (χ0n) is 11.0. The molecule has 2 aromatic rings. The molecule has 1 aromatic carbocycles. The molecule has 3 rings (SSSR count). The summed E-state index contributed by atoms with van der Waals surface area (Å²) in [5.74, 6) is 0.730. The van der Waals surface area contributed by atoms with E-state index in [1.54, 1.807) is 0 Å². The van der Waals surface area contributed by atoms with Crippen molar-refractivity contribution < 1.29 is 5.99 Å². The first-order valence-corrected chi connectivity index (χ1v) is 7.01. The van der Waals surface area contributed by atoms with Gasteiger partial charge >= 0.3 is 0 Å². The second-order valence-electron chi connectivity index (χ2n) is 5.14. The van der Waals surface area contributed by atoms with Gasteiger partial charge in [-0.25, -0.2) is 0 Å². The lowest BCUT2D eigenvalue weighted by Crippen LogP contribution is -2.35. The van der Waals surface area contributed by atoms with Gasteiger partial charge in [-0.3, -0.25) is 0 Å². The molecular weight excluding hydrogens is 220 g/mol. The van der Waals surface area contributed by atoms with E-state index in [1.165, 1.54) is 29.3 Å². The smallest absolute Gasteiger partial charge is 0.212 e. The second-order valence-corrected chi connectivity index (χ2v) is 5.14. The summed E-state index contributed by atoms with van der Waals surface area (Å²) in [6, 6.07) is 11.1. The maximum absolute atomic E-state index is 3.44. The van der Waals surface area contributed by atoms with E-state index in [0.29, 0.717) is 0 Å². The molecule has 0 spiro atoms. The first-order chi connectivity index (χ1) is 8.88. The van der Waals surface area contributed by atoms with Crippen LogP contribution in [0.4, 0.5) is 0 Å². The Kier molecular flexibility index (Phi) is 3.28. The average Bonchev–Trinajstić information content (AvgIpc) is 2.47. The summed E-state index contributed by atoms with van der Waals surface area (Å²) in [6.07, 6.45) is 4.89. The maximum Gasteiger partial charge on any atom is 0.212 e. The van der Waals surface area contributed by atoms with E-state index < -0.39 is 0 Å². The molecule has 1 fully saturated rings. The third-order valence-corrected chi connectivity index (χ3v) is 4.02. The molecule has 2 heteroatoms. The number of piperidine rings is 1. The van der Waals surface area contributed by atoms with Crippen molar-refractivity contribution in [1.82, 2.24) is 5.32 Å². The van der Waals surface area contributed by atoms with Crippen molar-refractivity contribution in [1.29, 1.82) is 0 Å². The SMILES string of the molecule is CC[n+]1cc(C2CCNCC2)cc2ccccc21.[HH]. The highest BCUT2D eigenvalue weighted by Gasteiger charge is 2.19. The van der Waals surface area contributed by atoms with Gasteiger partial charge < -0.3 is 5.32 Å². The summed E-state index contributed by atoms with van der Waals surface area (Å²) in [5, 5.41) is 4.81. The van der Waals surface area contributed by atoms with Gasteiger partial charge in [0, 0.05) is 18.4 Å². The molecule has 0 amide bonds. The van der Waals surface area contributed by atoms with Crippen molar-refractivity contribution in [3.05, 3.63) is 42.1 Å². The van der Waals surface area contributed by atoms with Gasteiger partial charge in [0.05, 0.1) is 0 Å². The van der Waals surface area contributed by atoms with Crippen LogP contribution in [-0.4, -0.2) is 13.1 Å². The van der Waals surface area contributed by atoms with Crippen molar-refractivity contribution in [2.45, 2.75) is 32.2 Å². The Bertz CT molecular complexity index is 547. The lowest BCUT2D eigenvalue weighted by atomic mass is 9.90. The fourth-order valence-corrected chi connectivity index (χ4v) is 2.98. The highest BCUT2D eigenvalue weighted by atomic mass is 14.9. The number of hydrogen-bond acceptors (Lipinski definition) is 1. The van der Waals surface area contributed by atoms with Crippen LogP contribution in [0.3, 0.4) is 0 Å². The molecule has 0 bridgehead atoms. The molecule has 18 heavy (non-hydrogen) atoms. The molecule has 96 valence electrons. The molecule has 0 radical (unpaired) electrons. The number of rotatable bonds is 2. The minimum absolute atomic E-state index is 0. The Morgan fingerprint density at radius 1 is 1.28 bits per heavy atom. The van der Waals surface area contributed by atoms with Gasteiger partial charge in [0.25, 0.3) is 0 Å². The first kappa shape index (κ1) is 11.7. The van der Waals surface area contributed by atoms with Crippen molar-refractivity contribution in [2.24, 2.45) is 0 Å². The van der Waals surface area contributed by atoms with Crippen LogP contribution < -0.4 is 9.88 Å². The molecule has 1 saturated heterocycles. The van der Waals surface area contributed by atoms with E-state index in [2.05, 4.69) is 53.3 Å². The van der Waals surface area contributed by atoms with Crippen molar-refractivity contribution in [2.75, 3.05) is 13.1 Å². The third kappa shape index (κ3) is 2.13. The fraction of sp³-hybridized carbons (Fsp3) is 0.438. The van der Waals surface area contributed by atoms with Crippen LogP contribution in [0, 0.1) is 0 Å². The highest BCUT2D eigenvalue weighted by Crippen LogP contribution is 2.26. The zero-order valence-corrected chi connectivity index (χ0v) is 11.0. The third-order valence-electron chi connectivity index (χ3n) is 4.02. The maximum atomic E-state index is 3.44. The van der Waals surface area contributed by atoms with E-state index >= 15 is 0 Å². The number of nitrogens with zero attached hydrogens (tertiary/aromatic N) is 1. The van der Waals surface area contributed by atoms with Gasteiger partial charge in [-0.05, 0) is 50.9 Å². The fourth-order valence-electron chi connectivity index (χ4n) is 2.98. The summed E-state index contributed by atoms with van der Waals surface area (Å²) < 4.78 is 2.38. The number of aromatic nitrogens is 1. The Labute approximate surface area is 110 Å². The second kappa shape index (κ2) is 5.07. The lowest BCUT2D eigenvalue weighted by molar-refractivity contribution is -0.668. The summed E-state index contributed by atoms with van der Waals surface area (Å²) in [6.45, 7) is 5.57. The van der Waals surface area contributed by atoms with Crippen molar-refractivity contribution >= 4 is 10.9 Å². The number of fused-ring (bicyclic) bond motifs is 1. The average molecular weight is 243 g/mol.